The van der Waals surface area contributed by atoms with Crippen LogP contribution in [0.4, 0.5) is 0 Å². The van der Waals surface area contributed by atoms with Gasteiger partial charge in [-0.05, 0) is 35.4 Å². The van der Waals surface area contributed by atoms with Crippen LogP contribution >= 0.6 is 0 Å². The average molecular weight is 302 g/mol. The number of nitrogens with zero attached hydrogens (tertiary/aromatic N) is 1. The minimum Gasteiger partial charge on any atom is -0.493 e. The summed E-state index contributed by atoms with van der Waals surface area (Å²) in [5, 5.41) is 3.30. The Hall–Kier alpha value is -2.11. The van der Waals surface area contributed by atoms with Crippen LogP contribution in [0, 0.1) is 0 Å². The molecule has 0 atom stereocenters. The second kappa shape index (κ2) is 9.02. The molecule has 0 saturated heterocycles. The molecule has 1 N–H and O–H groups in total. The van der Waals surface area contributed by atoms with Crippen molar-refractivity contribution in [2.75, 3.05) is 27.4 Å². The van der Waals surface area contributed by atoms with Crippen molar-refractivity contribution in [1.29, 1.82) is 0 Å². The predicted octanol–water partition coefficient (Wildman–Crippen LogP) is 2.41. The molecule has 5 heteroatoms. The smallest absolute Gasteiger partial charge is 0.161 e. The van der Waals surface area contributed by atoms with Gasteiger partial charge in [-0.25, -0.2) is 0 Å². The van der Waals surface area contributed by atoms with Gasteiger partial charge in [-0.1, -0.05) is 6.07 Å². The highest BCUT2D eigenvalue weighted by atomic mass is 16.5. The van der Waals surface area contributed by atoms with E-state index in [0.717, 1.165) is 35.7 Å². The fourth-order valence-electron chi connectivity index (χ4n) is 1.99. The number of rotatable bonds is 9. The van der Waals surface area contributed by atoms with E-state index in [1.54, 1.807) is 26.6 Å². The quantitative estimate of drug-likeness (QED) is 0.721. The number of pyridine rings is 1. The fourth-order valence-corrected chi connectivity index (χ4v) is 1.99. The predicted molar refractivity (Wildman–Crippen MR) is 85.1 cm³/mol. The highest BCUT2D eigenvalue weighted by Gasteiger charge is 2.06. The molecule has 0 aliphatic carbocycles. The molecule has 0 spiro atoms. The lowest BCUT2D eigenvalue weighted by Crippen LogP contribution is -2.18. The summed E-state index contributed by atoms with van der Waals surface area (Å²) in [6.07, 6.45) is 3.51. The lowest BCUT2D eigenvalue weighted by Gasteiger charge is -2.12. The van der Waals surface area contributed by atoms with Crippen LogP contribution in [-0.2, 0) is 17.9 Å². The van der Waals surface area contributed by atoms with Gasteiger partial charge >= 0.3 is 0 Å². The molecule has 1 aromatic carbocycles. The van der Waals surface area contributed by atoms with Crippen molar-refractivity contribution in [3.8, 4) is 11.5 Å². The Kier molecular flexibility index (Phi) is 6.67. The summed E-state index contributed by atoms with van der Waals surface area (Å²) in [6.45, 7) is 2.78. The molecule has 0 aliphatic rings. The van der Waals surface area contributed by atoms with Gasteiger partial charge in [0.05, 0.1) is 13.7 Å². The number of nitrogens with one attached hydrogen (secondary N) is 1. The largest absolute Gasteiger partial charge is 0.493 e. The Balaban J connectivity index is 1.93. The van der Waals surface area contributed by atoms with E-state index in [-0.39, 0.29) is 0 Å². The van der Waals surface area contributed by atoms with Gasteiger partial charge in [-0.3, -0.25) is 4.98 Å². The summed E-state index contributed by atoms with van der Waals surface area (Å²) < 4.78 is 16.2. The van der Waals surface area contributed by atoms with E-state index in [0.29, 0.717) is 13.2 Å². The summed E-state index contributed by atoms with van der Waals surface area (Å²) in [4.78, 5) is 3.99. The van der Waals surface area contributed by atoms with Gasteiger partial charge in [0.15, 0.2) is 11.5 Å². The lowest BCUT2D eigenvalue weighted by molar-refractivity contribution is 0.199. The standard InChI is InChI=1S/C17H22N2O3/c1-20-10-9-19-12-15-3-4-16(17(11-15)21-2)22-13-14-5-7-18-8-6-14/h3-8,11,19H,9-10,12-13H2,1-2H3. The zero-order valence-corrected chi connectivity index (χ0v) is 13.0. The van der Waals surface area contributed by atoms with Crippen molar-refractivity contribution >= 4 is 0 Å². The normalized spacial score (nSPS) is 10.5. The van der Waals surface area contributed by atoms with Crippen LogP contribution in [0.1, 0.15) is 11.1 Å². The van der Waals surface area contributed by atoms with E-state index in [1.165, 1.54) is 0 Å². The van der Waals surface area contributed by atoms with Crippen molar-refractivity contribution in [3.63, 3.8) is 0 Å². The molecule has 0 radical (unpaired) electrons. The number of benzene rings is 1. The molecule has 0 saturated carbocycles. The molecule has 0 amide bonds. The van der Waals surface area contributed by atoms with E-state index >= 15 is 0 Å². The van der Waals surface area contributed by atoms with Crippen LogP contribution in [0.3, 0.4) is 0 Å². The highest BCUT2D eigenvalue weighted by Crippen LogP contribution is 2.28. The van der Waals surface area contributed by atoms with E-state index in [1.807, 2.05) is 30.3 Å². The second-order valence-electron chi connectivity index (χ2n) is 4.80. The van der Waals surface area contributed by atoms with Crippen LogP contribution in [0.25, 0.3) is 0 Å². The van der Waals surface area contributed by atoms with Crippen LogP contribution in [-0.4, -0.2) is 32.4 Å². The maximum atomic E-state index is 5.82. The van der Waals surface area contributed by atoms with Crippen LogP contribution in [0.2, 0.25) is 0 Å². The van der Waals surface area contributed by atoms with Crippen LogP contribution < -0.4 is 14.8 Å². The van der Waals surface area contributed by atoms with Gasteiger partial charge in [0.2, 0.25) is 0 Å². The minimum atomic E-state index is 0.490. The Morgan fingerprint density at radius 1 is 1.00 bits per heavy atom. The van der Waals surface area contributed by atoms with E-state index in [9.17, 15) is 0 Å². The molecule has 0 bridgehead atoms. The second-order valence-corrected chi connectivity index (χ2v) is 4.80. The third-order valence-electron chi connectivity index (χ3n) is 3.18. The Morgan fingerprint density at radius 3 is 2.55 bits per heavy atom. The lowest BCUT2D eigenvalue weighted by atomic mass is 10.2. The van der Waals surface area contributed by atoms with Gasteiger partial charge in [0.1, 0.15) is 6.61 Å². The highest BCUT2D eigenvalue weighted by molar-refractivity contribution is 5.43. The summed E-state index contributed by atoms with van der Waals surface area (Å²) in [5.74, 6) is 1.47. The molecule has 118 valence electrons. The number of hydrogen-bond acceptors (Lipinski definition) is 5. The molecule has 2 aromatic rings. The number of aromatic nitrogens is 1. The molecular formula is C17H22N2O3. The molecule has 2 rings (SSSR count). The van der Waals surface area contributed by atoms with Crippen LogP contribution in [0.15, 0.2) is 42.7 Å². The number of hydrogen-bond donors (Lipinski definition) is 1. The minimum absolute atomic E-state index is 0.490. The SMILES string of the molecule is COCCNCc1ccc(OCc2ccncc2)c(OC)c1. The van der Waals surface area contributed by atoms with Gasteiger partial charge in [-0.2, -0.15) is 0 Å². The molecule has 1 heterocycles. The first-order chi connectivity index (χ1) is 10.8. The van der Waals surface area contributed by atoms with Gasteiger partial charge < -0.3 is 19.5 Å². The van der Waals surface area contributed by atoms with Crippen molar-refractivity contribution in [2.45, 2.75) is 13.2 Å². The molecule has 0 fully saturated rings. The summed E-state index contributed by atoms with van der Waals surface area (Å²) >= 11 is 0. The topological polar surface area (TPSA) is 52.6 Å². The third-order valence-corrected chi connectivity index (χ3v) is 3.18. The summed E-state index contributed by atoms with van der Waals surface area (Å²) in [5.41, 5.74) is 2.21. The van der Waals surface area contributed by atoms with Gasteiger partial charge in [-0.15, -0.1) is 0 Å². The summed E-state index contributed by atoms with van der Waals surface area (Å²) in [6, 6.07) is 9.82. The first-order valence-corrected chi connectivity index (χ1v) is 7.21. The summed E-state index contributed by atoms with van der Waals surface area (Å²) in [7, 11) is 3.34. The average Bonchev–Trinajstić information content (AvgIpc) is 2.58. The molecule has 0 unspecified atom stereocenters. The first kappa shape index (κ1) is 16.3. The zero-order valence-electron chi connectivity index (χ0n) is 13.0. The maximum Gasteiger partial charge on any atom is 0.161 e. The van der Waals surface area contributed by atoms with E-state index in [4.69, 9.17) is 14.2 Å². The maximum absolute atomic E-state index is 5.82. The first-order valence-electron chi connectivity index (χ1n) is 7.21. The Morgan fingerprint density at radius 2 is 1.82 bits per heavy atom. The van der Waals surface area contributed by atoms with E-state index < -0.39 is 0 Å². The van der Waals surface area contributed by atoms with Crippen molar-refractivity contribution < 1.29 is 14.2 Å². The van der Waals surface area contributed by atoms with Gasteiger partial charge in [0, 0.05) is 32.6 Å². The van der Waals surface area contributed by atoms with Gasteiger partial charge in [0.25, 0.3) is 0 Å². The van der Waals surface area contributed by atoms with Crippen LogP contribution in [0.5, 0.6) is 11.5 Å². The Labute approximate surface area is 131 Å². The monoisotopic (exact) mass is 302 g/mol. The van der Waals surface area contributed by atoms with Crippen molar-refractivity contribution in [2.24, 2.45) is 0 Å². The zero-order chi connectivity index (χ0) is 15.6. The number of methoxy groups -OCH3 is 2. The molecular weight excluding hydrogens is 280 g/mol. The number of ether oxygens (including phenoxy) is 3. The van der Waals surface area contributed by atoms with Crippen molar-refractivity contribution in [1.82, 2.24) is 10.3 Å². The molecule has 22 heavy (non-hydrogen) atoms. The Bertz CT molecular complexity index is 561. The fraction of sp³-hybridized carbons (Fsp3) is 0.353. The third kappa shape index (κ3) is 5.02. The molecule has 0 aliphatic heterocycles. The van der Waals surface area contributed by atoms with Crippen molar-refractivity contribution in [3.05, 3.63) is 53.9 Å². The molecule has 5 nitrogen and oxygen atoms in total. The van der Waals surface area contributed by atoms with E-state index in [2.05, 4.69) is 10.3 Å². The molecule has 1 aromatic heterocycles.